The number of carbonyl (C=O) groups excluding carboxylic acids is 3. The Bertz CT molecular complexity index is 1230. The Kier molecular flexibility index (Phi) is 4.89. The first kappa shape index (κ1) is 19.9. The molecule has 1 fully saturated rings. The Morgan fingerprint density at radius 3 is 2.55 bits per heavy atom. The Morgan fingerprint density at radius 2 is 1.81 bits per heavy atom. The quantitative estimate of drug-likeness (QED) is 0.503. The molecule has 1 aliphatic carbocycles. The number of benzene rings is 3. The summed E-state index contributed by atoms with van der Waals surface area (Å²) in [7, 11) is 1.59. The number of halogens is 1. The molecular weight excluding hydrogens is 458 g/mol. The second-order valence-electron chi connectivity index (χ2n) is 8.02. The van der Waals surface area contributed by atoms with Gasteiger partial charge in [-0.15, -0.1) is 0 Å². The second-order valence-corrected chi connectivity index (χ2v) is 8.87. The smallest absolute Gasteiger partial charge is 0.233 e. The van der Waals surface area contributed by atoms with Crippen molar-refractivity contribution < 1.29 is 19.1 Å². The minimum Gasteiger partial charge on any atom is -0.497 e. The van der Waals surface area contributed by atoms with Crippen LogP contribution in [0.5, 0.6) is 5.75 Å². The molecule has 0 spiro atoms. The maximum Gasteiger partial charge on any atom is 0.233 e. The van der Waals surface area contributed by atoms with Crippen LogP contribution in [0.1, 0.15) is 40.2 Å². The number of Topliss-reactive ketones (excluding diaryl/α,β-unsaturated/α-hetero) is 1. The highest BCUT2D eigenvalue weighted by molar-refractivity contribution is 9.10. The van der Waals surface area contributed by atoms with E-state index >= 15 is 0 Å². The van der Waals surface area contributed by atoms with Crippen molar-refractivity contribution in [1.29, 1.82) is 0 Å². The molecule has 3 aromatic rings. The van der Waals surface area contributed by atoms with Gasteiger partial charge < -0.3 is 4.74 Å². The lowest BCUT2D eigenvalue weighted by atomic mass is 9.80. The number of carbonyl (C=O) groups is 3. The fraction of sp³-hybridized carbons (Fsp3) is 0.240. The van der Waals surface area contributed by atoms with Crippen LogP contribution < -0.4 is 4.74 Å². The molecule has 0 bridgehead atoms. The highest BCUT2D eigenvalue weighted by Crippen LogP contribution is 2.46. The summed E-state index contributed by atoms with van der Waals surface area (Å²) in [6.07, 6.45) is 0.644. The maximum absolute atomic E-state index is 13.5. The van der Waals surface area contributed by atoms with E-state index in [2.05, 4.69) is 15.9 Å². The molecule has 31 heavy (non-hydrogen) atoms. The predicted molar refractivity (Wildman–Crippen MR) is 120 cm³/mol. The van der Waals surface area contributed by atoms with Crippen LogP contribution in [0.15, 0.2) is 59.1 Å². The third-order valence-corrected chi connectivity index (χ3v) is 7.05. The molecule has 156 valence electrons. The van der Waals surface area contributed by atoms with E-state index in [9.17, 15) is 14.4 Å². The van der Waals surface area contributed by atoms with Gasteiger partial charge in [-0.05, 0) is 52.6 Å². The highest BCUT2D eigenvalue weighted by Gasteiger charge is 2.46. The van der Waals surface area contributed by atoms with Crippen molar-refractivity contribution >= 4 is 44.3 Å². The summed E-state index contributed by atoms with van der Waals surface area (Å²) in [4.78, 5) is 40.7. The number of methoxy groups -OCH3 is 1. The van der Waals surface area contributed by atoms with Crippen LogP contribution >= 0.6 is 15.9 Å². The van der Waals surface area contributed by atoms with Gasteiger partial charge in [0, 0.05) is 16.5 Å². The molecule has 2 aliphatic rings. The highest BCUT2D eigenvalue weighted by atomic mass is 79.9. The summed E-state index contributed by atoms with van der Waals surface area (Å²) in [5, 5.41) is 1.89. The molecule has 1 heterocycles. The number of hydrogen-bond donors (Lipinski definition) is 0. The molecule has 3 aromatic carbocycles. The number of ketones is 1. The van der Waals surface area contributed by atoms with Crippen LogP contribution in [-0.4, -0.2) is 29.6 Å². The van der Waals surface area contributed by atoms with Gasteiger partial charge in [0.1, 0.15) is 5.75 Å². The van der Waals surface area contributed by atoms with Gasteiger partial charge in [-0.3, -0.25) is 19.3 Å². The van der Waals surface area contributed by atoms with Gasteiger partial charge in [-0.1, -0.05) is 46.3 Å². The zero-order chi connectivity index (χ0) is 21.7. The summed E-state index contributed by atoms with van der Waals surface area (Å²) in [5.74, 6) is -0.871. The molecule has 5 nitrogen and oxygen atoms in total. The molecule has 0 aromatic heterocycles. The third-order valence-electron chi connectivity index (χ3n) is 6.36. The number of rotatable bonds is 4. The number of ether oxygens (including phenoxy) is 1. The number of amides is 2. The summed E-state index contributed by atoms with van der Waals surface area (Å²) in [6, 6.07) is 16.8. The van der Waals surface area contributed by atoms with Crippen LogP contribution in [0.2, 0.25) is 0 Å². The predicted octanol–water partition coefficient (Wildman–Crippen LogP) is 4.86. The molecule has 2 atom stereocenters. The molecular formula is C25H20BrNO4. The second kappa shape index (κ2) is 7.61. The first-order chi connectivity index (χ1) is 15.0. The van der Waals surface area contributed by atoms with Crippen LogP contribution in [-0.2, 0) is 16.1 Å². The molecule has 0 saturated carbocycles. The zero-order valence-corrected chi connectivity index (χ0v) is 18.5. The molecule has 2 amide bonds. The lowest BCUT2D eigenvalue weighted by Crippen LogP contribution is -2.47. The maximum atomic E-state index is 13.5. The van der Waals surface area contributed by atoms with Gasteiger partial charge in [0.25, 0.3) is 0 Å². The monoisotopic (exact) mass is 477 g/mol. The number of likely N-dealkylation sites (tertiary alicyclic amines) is 1. The summed E-state index contributed by atoms with van der Waals surface area (Å²) in [6.45, 7) is 0.196. The minimum atomic E-state index is -0.549. The van der Waals surface area contributed by atoms with Crippen molar-refractivity contribution in [3.63, 3.8) is 0 Å². The van der Waals surface area contributed by atoms with Crippen molar-refractivity contribution in [3.8, 4) is 5.75 Å². The lowest BCUT2D eigenvalue weighted by Gasteiger charge is -2.33. The average molecular weight is 478 g/mol. The number of hydrogen-bond acceptors (Lipinski definition) is 4. The SMILES string of the molecule is COc1ccc(CN2C(=O)CCC(C3C(=O)c4ccc(Br)c5cccc3c45)C2=O)cc1. The van der Waals surface area contributed by atoms with Gasteiger partial charge in [0.2, 0.25) is 11.8 Å². The molecule has 0 N–H and O–H groups in total. The largest absolute Gasteiger partial charge is 0.497 e. The van der Waals surface area contributed by atoms with Gasteiger partial charge in [-0.2, -0.15) is 0 Å². The van der Waals surface area contributed by atoms with E-state index in [-0.39, 0.29) is 30.6 Å². The summed E-state index contributed by atoms with van der Waals surface area (Å²) < 4.78 is 6.10. The van der Waals surface area contributed by atoms with Crippen molar-refractivity contribution in [1.82, 2.24) is 4.90 Å². The fourth-order valence-electron chi connectivity index (χ4n) is 4.82. The van der Waals surface area contributed by atoms with E-state index in [4.69, 9.17) is 4.74 Å². The molecule has 5 rings (SSSR count). The van der Waals surface area contributed by atoms with E-state index in [0.29, 0.717) is 17.7 Å². The zero-order valence-electron chi connectivity index (χ0n) is 16.9. The van der Waals surface area contributed by atoms with Gasteiger partial charge in [-0.25, -0.2) is 0 Å². The topological polar surface area (TPSA) is 63.7 Å². The fourth-order valence-corrected chi connectivity index (χ4v) is 5.28. The van der Waals surface area contributed by atoms with E-state index in [1.165, 1.54) is 4.90 Å². The summed E-state index contributed by atoms with van der Waals surface area (Å²) >= 11 is 3.57. The molecule has 0 radical (unpaired) electrons. The number of imide groups is 1. The van der Waals surface area contributed by atoms with Crippen molar-refractivity contribution in [2.75, 3.05) is 7.11 Å². The van der Waals surface area contributed by atoms with Crippen LogP contribution in [0.3, 0.4) is 0 Å². The Hall–Kier alpha value is -2.99. The standard InChI is InChI=1S/C25H20BrNO4/c1-31-15-7-5-14(6-8-15)13-27-21(28)12-10-19(25(27)30)23-17-4-2-3-16-20(26)11-9-18(22(16)17)24(23)29/h2-9,11,19,23H,10,12-13H2,1H3. The van der Waals surface area contributed by atoms with E-state index in [1.807, 2.05) is 42.5 Å². The third kappa shape index (κ3) is 3.17. The van der Waals surface area contributed by atoms with Crippen molar-refractivity contribution in [2.45, 2.75) is 25.3 Å². The van der Waals surface area contributed by atoms with Gasteiger partial charge in [0.15, 0.2) is 5.78 Å². The minimum absolute atomic E-state index is 0.0317. The first-order valence-electron chi connectivity index (χ1n) is 10.2. The number of piperidine rings is 1. The Labute approximate surface area is 188 Å². The molecule has 6 heteroatoms. The Morgan fingerprint density at radius 1 is 1.03 bits per heavy atom. The van der Waals surface area contributed by atoms with Crippen LogP contribution in [0.25, 0.3) is 10.8 Å². The van der Waals surface area contributed by atoms with Gasteiger partial charge >= 0.3 is 0 Å². The van der Waals surface area contributed by atoms with Gasteiger partial charge in [0.05, 0.1) is 25.5 Å². The molecule has 1 saturated heterocycles. The Balaban J connectivity index is 1.48. The van der Waals surface area contributed by atoms with Crippen molar-refractivity contribution in [2.24, 2.45) is 5.92 Å². The van der Waals surface area contributed by atoms with Crippen molar-refractivity contribution in [3.05, 3.63) is 75.8 Å². The van der Waals surface area contributed by atoms with E-state index < -0.39 is 11.8 Å². The molecule has 1 aliphatic heterocycles. The summed E-state index contributed by atoms with van der Waals surface area (Å²) in [5.41, 5.74) is 2.39. The average Bonchev–Trinajstić information content (AvgIpc) is 3.07. The molecule has 2 unspecified atom stereocenters. The first-order valence-corrected chi connectivity index (χ1v) is 11.0. The van der Waals surface area contributed by atoms with E-state index in [0.717, 1.165) is 26.4 Å². The lowest BCUT2D eigenvalue weighted by molar-refractivity contribution is -0.152. The van der Waals surface area contributed by atoms with E-state index in [1.54, 1.807) is 19.2 Å². The van der Waals surface area contributed by atoms with Crippen LogP contribution in [0, 0.1) is 5.92 Å². The normalized spacial score (nSPS) is 20.6. The number of nitrogens with zero attached hydrogens (tertiary/aromatic N) is 1. The van der Waals surface area contributed by atoms with Crippen LogP contribution in [0.4, 0.5) is 0 Å².